The lowest BCUT2D eigenvalue weighted by molar-refractivity contribution is 0.999. The van der Waals surface area contributed by atoms with Gasteiger partial charge in [-0.2, -0.15) is 0 Å². The average molecular weight is 327 g/mol. The Morgan fingerprint density at radius 1 is 0.850 bits per heavy atom. The number of fused-ring (bicyclic) bond motifs is 1. The Labute approximate surface area is 129 Å². The van der Waals surface area contributed by atoms with Crippen LogP contribution in [0.25, 0.3) is 6.08 Å². The molecule has 0 bridgehead atoms. The Kier molecular flexibility index (Phi) is 3.33. The second-order valence-electron chi connectivity index (χ2n) is 5.87. The minimum absolute atomic E-state index is 0.391. The van der Waals surface area contributed by atoms with E-state index in [9.17, 15) is 0 Å². The molecule has 1 unspecified atom stereocenters. The first kappa shape index (κ1) is 13.6. The number of allylic oxidation sites excluding steroid dienone is 1. The molecule has 102 valence electrons. The third-order valence-electron chi connectivity index (χ3n) is 4.22. The van der Waals surface area contributed by atoms with Crippen LogP contribution in [0, 0.1) is 27.7 Å². The van der Waals surface area contributed by atoms with Crippen molar-refractivity contribution in [3.63, 3.8) is 0 Å². The van der Waals surface area contributed by atoms with E-state index in [0.717, 1.165) is 0 Å². The molecule has 0 nitrogen and oxygen atoms in total. The highest BCUT2D eigenvalue weighted by Gasteiger charge is 2.23. The van der Waals surface area contributed by atoms with Gasteiger partial charge < -0.3 is 0 Å². The Balaban J connectivity index is 2.20. The van der Waals surface area contributed by atoms with Crippen LogP contribution in [0.4, 0.5) is 0 Å². The molecular weight excluding hydrogens is 308 g/mol. The monoisotopic (exact) mass is 326 g/mol. The first-order chi connectivity index (χ1) is 9.47. The first-order valence-corrected chi connectivity index (χ1v) is 7.82. The van der Waals surface area contributed by atoms with Crippen LogP contribution in [0.1, 0.15) is 44.9 Å². The fraction of sp³-hybridized carbons (Fsp3) is 0.263. The van der Waals surface area contributed by atoms with Gasteiger partial charge in [-0.15, -0.1) is 0 Å². The van der Waals surface area contributed by atoms with Crippen molar-refractivity contribution in [3.8, 4) is 0 Å². The van der Waals surface area contributed by atoms with Gasteiger partial charge in [0.05, 0.1) is 0 Å². The summed E-state index contributed by atoms with van der Waals surface area (Å²) in [6.45, 7) is 8.81. The van der Waals surface area contributed by atoms with Gasteiger partial charge >= 0.3 is 0 Å². The van der Waals surface area contributed by atoms with E-state index in [-0.39, 0.29) is 0 Å². The lowest BCUT2D eigenvalue weighted by atomic mass is 9.85. The van der Waals surface area contributed by atoms with Crippen molar-refractivity contribution in [2.45, 2.75) is 33.6 Å². The average Bonchev–Trinajstić information content (AvgIpc) is 2.72. The predicted octanol–water partition coefficient (Wildman–Crippen LogP) is 5.84. The molecule has 0 heterocycles. The van der Waals surface area contributed by atoms with Crippen LogP contribution in [0.15, 0.2) is 34.8 Å². The van der Waals surface area contributed by atoms with Crippen molar-refractivity contribution in [3.05, 3.63) is 73.8 Å². The van der Waals surface area contributed by atoms with E-state index in [1.807, 2.05) is 0 Å². The zero-order valence-corrected chi connectivity index (χ0v) is 14.0. The topological polar surface area (TPSA) is 0 Å². The molecule has 0 radical (unpaired) electrons. The predicted molar refractivity (Wildman–Crippen MR) is 90.4 cm³/mol. The Hall–Kier alpha value is -1.34. The summed E-state index contributed by atoms with van der Waals surface area (Å²) >= 11 is 3.64. The summed E-state index contributed by atoms with van der Waals surface area (Å²) in [5, 5.41) is 0. The maximum absolute atomic E-state index is 3.64. The molecular formula is C19H19Br. The molecule has 20 heavy (non-hydrogen) atoms. The van der Waals surface area contributed by atoms with Crippen molar-refractivity contribution in [1.29, 1.82) is 0 Å². The smallest absolute Gasteiger partial charge is 0.0284 e. The number of halogens is 1. The molecule has 2 aromatic carbocycles. The highest BCUT2D eigenvalue weighted by molar-refractivity contribution is 9.10. The van der Waals surface area contributed by atoms with E-state index in [1.165, 1.54) is 43.4 Å². The Morgan fingerprint density at radius 2 is 1.50 bits per heavy atom. The molecule has 0 aliphatic heterocycles. The van der Waals surface area contributed by atoms with Crippen LogP contribution in [-0.4, -0.2) is 0 Å². The summed E-state index contributed by atoms with van der Waals surface area (Å²) in [6.07, 6.45) is 4.62. The van der Waals surface area contributed by atoms with E-state index in [1.54, 1.807) is 0 Å². The maximum Gasteiger partial charge on any atom is 0.0284 e. The van der Waals surface area contributed by atoms with Crippen molar-refractivity contribution in [1.82, 2.24) is 0 Å². The van der Waals surface area contributed by atoms with Gasteiger partial charge in [-0.1, -0.05) is 45.8 Å². The lowest BCUT2D eigenvalue weighted by Gasteiger charge is -2.19. The fourth-order valence-electron chi connectivity index (χ4n) is 3.49. The number of hydrogen-bond acceptors (Lipinski definition) is 0. The summed E-state index contributed by atoms with van der Waals surface area (Å²) in [7, 11) is 0. The third-order valence-corrected chi connectivity index (χ3v) is 4.68. The normalized spacial score (nSPS) is 16.6. The van der Waals surface area contributed by atoms with E-state index < -0.39 is 0 Å². The number of hydrogen-bond donors (Lipinski definition) is 0. The highest BCUT2D eigenvalue weighted by atomic mass is 79.9. The molecule has 0 aromatic heterocycles. The van der Waals surface area contributed by atoms with Crippen molar-refractivity contribution in [2.24, 2.45) is 0 Å². The van der Waals surface area contributed by atoms with Gasteiger partial charge in [0.15, 0.2) is 0 Å². The third kappa shape index (κ3) is 2.14. The molecule has 2 aromatic rings. The van der Waals surface area contributed by atoms with Gasteiger partial charge in [-0.25, -0.2) is 0 Å². The van der Waals surface area contributed by atoms with Gasteiger partial charge in [0, 0.05) is 10.4 Å². The number of aryl methyl sites for hydroxylation is 4. The van der Waals surface area contributed by atoms with Gasteiger partial charge in [0.2, 0.25) is 0 Å². The minimum Gasteiger partial charge on any atom is -0.0720 e. The van der Waals surface area contributed by atoms with E-state index >= 15 is 0 Å². The van der Waals surface area contributed by atoms with Gasteiger partial charge in [-0.3, -0.25) is 0 Å². The van der Waals surface area contributed by atoms with Gasteiger partial charge in [0.25, 0.3) is 0 Å². The molecule has 0 spiro atoms. The SMILES string of the molecule is Cc1cc(C)c(C2C=Cc3c(C)cc(Br)cc32)c(C)c1. The molecule has 3 rings (SSSR count). The van der Waals surface area contributed by atoms with E-state index in [4.69, 9.17) is 0 Å². The summed E-state index contributed by atoms with van der Waals surface area (Å²) in [5.74, 6) is 0.391. The Bertz CT molecular complexity index is 700. The van der Waals surface area contributed by atoms with Crippen molar-refractivity contribution >= 4 is 22.0 Å². The zero-order chi connectivity index (χ0) is 14.4. The van der Waals surface area contributed by atoms with Crippen LogP contribution in [0.5, 0.6) is 0 Å². The van der Waals surface area contributed by atoms with Crippen LogP contribution in [0.3, 0.4) is 0 Å². The number of rotatable bonds is 1. The van der Waals surface area contributed by atoms with Crippen LogP contribution < -0.4 is 0 Å². The molecule has 0 saturated carbocycles. The maximum atomic E-state index is 3.64. The molecule has 0 amide bonds. The quantitative estimate of drug-likeness (QED) is 0.617. The summed E-state index contributed by atoms with van der Waals surface area (Å²) in [4.78, 5) is 0. The van der Waals surface area contributed by atoms with Crippen molar-refractivity contribution in [2.75, 3.05) is 0 Å². The van der Waals surface area contributed by atoms with E-state index in [0.29, 0.717) is 5.92 Å². The fourth-order valence-corrected chi connectivity index (χ4v) is 4.08. The van der Waals surface area contributed by atoms with Crippen LogP contribution in [-0.2, 0) is 0 Å². The summed E-state index contributed by atoms with van der Waals surface area (Å²) in [5.41, 5.74) is 9.74. The summed E-state index contributed by atoms with van der Waals surface area (Å²) in [6, 6.07) is 9.05. The molecule has 1 aliphatic rings. The van der Waals surface area contributed by atoms with Crippen LogP contribution >= 0.6 is 15.9 Å². The van der Waals surface area contributed by atoms with Gasteiger partial charge in [0.1, 0.15) is 0 Å². The first-order valence-electron chi connectivity index (χ1n) is 7.03. The molecule has 0 N–H and O–H groups in total. The minimum atomic E-state index is 0.391. The standard InChI is InChI=1S/C19H19Br/c1-11-7-13(3)19(14(4)8-11)17-6-5-16-12(2)9-15(20)10-18(16)17/h5-10,17H,1-4H3. The van der Waals surface area contributed by atoms with Crippen LogP contribution in [0.2, 0.25) is 0 Å². The second-order valence-corrected chi connectivity index (χ2v) is 6.79. The summed E-state index contributed by atoms with van der Waals surface area (Å²) < 4.78 is 1.17. The lowest BCUT2D eigenvalue weighted by Crippen LogP contribution is -2.03. The molecule has 1 atom stereocenters. The Morgan fingerprint density at radius 3 is 2.15 bits per heavy atom. The molecule has 1 aliphatic carbocycles. The zero-order valence-electron chi connectivity index (χ0n) is 12.4. The second kappa shape index (κ2) is 4.89. The van der Waals surface area contributed by atoms with Crippen molar-refractivity contribution < 1.29 is 0 Å². The molecule has 0 saturated heterocycles. The van der Waals surface area contributed by atoms with Gasteiger partial charge in [-0.05, 0) is 73.2 Å². The molecule has 0 fully saturated rings. The largest absolute Gasteiger partial charge is 0.0720 e. The number of benzene rings is 2. The molecule has 1 heteroatoms. The van der Waals surface area contributed by atoms with E-state index in [2.05, 4.69) is 80.0 Å². The highest BCUT2D eigenvalue weighted by Crippen LogP contribution is 2.41.